The number of carbonyl (C=O) groups is 1. The predicted molar refractivity (Wildman–Crippen MR) is 131 cm³/mol. The van der Waals surface area contributed by atoms with Crippen LogP contribution in [0, 0.1) is 3.57 Å². The van der Waals surface area contributed by atoms with E-state index in [-0.39, 0.29) is 11.3 Å². The van der Waals surface area contributed by atoms with Crippen molar-refractivity contribution in [1.29, 1.82) is 0 Å². The number of benzene rings is 3. The Morgan fingerprint density at radius 3 is 2.03 bits per heavy atom. The lowest BCUT2D eigenvalue weighted by atomic mass is 9.86. The maximum Gasteiger partial charge on any atom is 0.251 e. The SMILES string of the molecule is CN(c1ccccc1)C(C(=O)Nc1ccc(I)cc1)c1ccc(C(C)(C)C)cc1. The number of halogens is 1. The first-order valence-electron chi connectivity index (χ1n) is 9.70. The van der Waals surface area contributed by atoms with Gasteiger partial charge < -0.3 is 10.2 Å². The Labute approximate surface area is 187 Å². The fraction of sp³-hybridized carbons (Fsp3) is 0.240. The highest BCUT2D eigenvalue weighted by molar-refractivity contribution is 14.1. The summed E-state index contributed by atoms with van der Waals surface area (Å²) in [5.74, 6) is -0.0546. The molecule has 0 aromatic heterocycles. The van der Waals surface area contributed by atoms with Crippen molar-refractivity contribution in [2.24, 2.45) is 0 Å². The molecule has 29 heavy (non-hydrogen) atoms. The lowest BCUT2D eigenvalue weighted by molar-refractivity contribution is -0.117. The molecule has 0 spiro atoms. The van der Waals surface area contributed by atoms with Gasteiger partial charge in [-0.15, -0.1) is 0 Å². The number of amides is 1. The van der Waals surface area contributed by atoms with E-state index >= 15 is 0 Å². The van der Waals surface area contributed by atoms with Gasteiger partial charge in [0.2, 0.25) is 0 Å². The summed E-state index contributed by atoms with van der Waals surface area (Å²) in [6, 6.07) is 25.8. The zero-order valence-corrected chi connectivity index (χ0v) is 19.5. The van der Waals surface area contributed by atoms with Gasteiger partial charge in [0.1, 0.15) is 6.04 Å². The molecule has 0 aliphatic heterocycles. The van der Waals surface area contributed by atoms with E-state index in [0.717, 1.165) is 20.5 Å². The highest BCUT2D eigenvalue weighted by Crippen LogP contribution is 2.29. The first-order chi connectivity index (χ1) is 13.8. The van der Waals surface area contributed by atoms with Gasteiger partial charge in [0.25, 0.3) is 5.91 Å². The van der Waals surface area contributed by atoms with Gasteiger partial charge in [-0.1, -0.05) is 63.2 Å². The van der Waals surface area contributed by atoms with Gasteiger partial charge >= 0.3 is 0 Å². The summed E-state index contributed by atoms with van der Waals surface area (Å²) >= 11 is 2.26. The molecular weight excluding hydrogens is 471 g/mol. The molecule has 0 saturated carbocycles. The zero-order valence-electron chi connectivity index (χ0n) is 17.3. The molecule has 1 atom stereocenters. The summed E-state index contributed by atoms with van der Waals surface area (Å²) in [6.07, 6.45) is 0. The molecule has 0 fully saturated rings. The lowest BCUT2D eigenvalue weighted by Gasteiger charge is -2.30. The molecule has 4 heteroatoms. The maximum absolute atomic E-state index is 13.3. The number of anilines is 2. The van der Waals surface area contributed by atoms with Crippen LogP contribution in [0.25, 0.3) is 0 Å². The largest absolute Gasteiger partial charge is 0.359 e. The third kappa shape index (κ3) is 5.38. The molecule has 0 aliphatic rings. The minimum atomic E-state index is -0.439. The number of rotatable bonds is 5. The summed E-state index contributed by atoms with van der Waals surface area (Å²) in [6.45, 7) is 6.58. The number of carbonyl (C=O) groups excluding carboxylic acids is 1. The predicted octanol–water partition coefficient (Wildman–Crippen LogP) is 6.40. The Bertz CT molecular complexity index is 945. The average Bonchev–Trinajstić information content (AvgIpc) is 2.70. The van der Waals surface area contributed by atoms with Crippen molar-refractivity contribution in [3.8, 4) is 0 Å². The van der Waals surface area contributed by atoms with E-state index in [4.69, 9.17) is 0 Å². The van der Waals surface area contributed by atoms with Crippen LogP contribution in [0.15, 0.2) is 78.9 Å². The van der Waals surface area contributed by atoms with Crippen LogP contribution in [0.5, 0.6) is 0 Å². The van der Waals surface area contributed by atoms with Crippen LogP contribution in [0.4, 0.5) is 11.4 Å². The number of nitrogens with one attached hydrogen (secondary N) is 1. The van der Waals surface area contributed by atoms with Crippen LogP contribution in [-0.2, 0) is 10.2 Å². The molecule has 3 aromatic rings. The summed E-state index contributed by atoms with van der Waals surface area (Å²) in [5, 5.41) is 3.08. The van der Waals surface area contributed by atoms with Crippen LogP contribution in [0.2, 0.25) is 0 Å². The Morgan fingerprint density at radius 2 is 1.48 bits per heavy atom. The molecule has 150 valence electrons. The van der Waals surface area contributed by atoms with Crippen LogP contribution in [0.3, 0.4) is 0 Å². The van der Waals surface area contributed by atoms with E-state index in [1.165, 1.54) is 5.56 Å². The van der Waals surface area contributed by atoms with Gasteiger partial charge in [-0.05, 0) is 75.5 Å². The number of para-hydroxylation sites is 1. The highest BCUT2D eigenvalue weighted by Gasteiger charge is 2.26. The van der Waals surface area contributed by atoms with Gasteiger partial charge in [-0.3, -0.25) is 4.79 Å². The molecule has 0 radical (unpaired) electrons. The van der Waals surface area contributed by atoms with Crippen molar-refractivity contribution >= 4 is 39.9 Å². The van der Waals surface area contributed by atoms with E-state index in [1.807, 2.05) is 66.5 Å². The number of hydrogen-bond acceptors (Lipinski definition) is 2. The van der Waals surface area contributed by atoms with Crippen molar-refractivity contribution < 1.29 is 4.79 Å². The third-order valence-corrected chi connectivity index (χ3v) is 5.72. The second-order valence-corrected chi connectivity index (χ2v) is 9.46. The smallest absolute Gasteiger partial charge is 0.251 e. The molecule has 1 amide bonds. The van der Waals surface area contributed by atoms with Crippen molar-refractivity contribution in [3.05, 3.63) is 93.6 Å². The molecule has 3 nitrogen and oxygen atoms in total. The molecule has 0 bridgehead atoms. The van der Waals surface area contributed by atoms with Gasteiger partial charge in [-0.25, -0.2) is 0 Å². The Hall–Kier alpha value is -2.34. The highest BCUT2D eigenvalue weighted by atomic mass is 127. The summed E-state index contributed by atoms with van der Waals surface area (Å²) in [5.41, 5.74) is 4.08. The fourth-order valence-corrected chi connectivity index (χ4v) is 3.63. The zero-order chi connectivity index (χ0) is 21.0. The van der Waals surface area contributed by atoms with Gasteiger partial charge in [0.05, 0.1) is 0 Å². The first-order valence-corrected chi connectivity index (χ1v) is 10.8. The molecule has 1 N–H and O–H groups in total. The topological polar surface area (TPSA) is 32.3 Å². The summed E-state index contributed by atoms with van der Waals surface area (Å²) in [7, 11) is 1.96. The van der Waals surface area contributed by atoms with E-state index in [1.54, 1.807) is 0 Å². The minimum absolute atomic E-state index is 0.0546. The van der Waals surface area contributed by atoms with Gasteiger partial charge in [0.15, 0.2) is 0 Å². The monoisotopic (exact) mass is 498 g/mol. The molecule has 1 unspecified atom stereocenters. The number of nitrogens with zero attached hydrogens (tertiary/aromatic N) is 1. The van der Waals surface area contributed by atoms with Crippen molar-refractivity contribution in [1.82, 2.24) is 0 Å². The molecule has 3 rings (SSSR count). The average molecular weight is 498 g/mol. The first kappa shape index (κ1) is 21.4. The summed E-state index contributed by atoms with van der Waals surface area (Å²) in [4.78, 5) is 15.4. The number of likely N-dealkylation sites (N-methyl/N-ethyl adjacent to an activating group) is 1. The quantitative estimate of drug-likeness (QED) is 0.413. The van der Waals surface area contributed by atoms with Crippen molar-refractivity contribution in [3.63, 3.8) is 0 Å². The van der Waals surface area contributed by atoms with E-state index in [0.29, 0.717) is 0 Å². The van der Waals surface area contributed by atoms with Gasteiger partial charge in [-0.2, -0.15) is 0 Å². The van der Waals surface area contributed by atoms with E-state index < -0.39 is 6.04 Å². The molecule has 0 heterocycles. The fourth-order valence-electron chi connectivity index (χ4n) is 3.27. The lowest BCUT2D eigenvalue weighted by Crippen LogP contribution is -2.34. The van der Waals surface area contributed by atoms with Crippen LogP contribution in [-0.4, -0.2) is 13.0 Å². The minimum Gasteiger partial charge on any atom is -0.359 e. The molecule has 3 aromatic carbocycles. The number of hydrogen-bond donors (Lipinski definition) is 1. The van der Waals surface area contributed by atoms with Crippen LogP contribution < -0.4 is 10.2 Å². The van der Waals surface area contributed by atoms with Crippen molar-refractivity contribution in [2.45, 2.75) is 32.2 Å². The normalized spacial score (nSPS) is 12.3. The Balaban J connectivity index is 1.94. The molecule has 0 aliphatic carbocycles. The van der Waals surface area contributed by atoms with E-state index in [2.05, 4.69) is 72.9 Å². The second-order valence-electron chi connectivity index (χ2n) is 8.22. The summed E-state index contributed by atoms with van der Waals surface area (Å²) < 4.78 is 1.14. The molecular formula is C25H27IN2O. The second kappa shape index (κ2) is 8.99. The maximum atomic E-state index is 13.3. The van der Waals surface area contributed by atoms with Crippen molar-refractivity contribution in [2.75, 3.05) is 17.3 Å². The standard InChI is InChI=1S/C25H27IN2O/c1-25(2,3)19-12-10-18(11-13-19)23(28(4)22-8-6-5-7-9-22)24(29)27-21-16-14-20(26)15-17-21/h5-17,23H,1-4H3,(H,27,29). The van der Waals surface area contributed by atoms with Crippen LogP contribution >= 0.6 is 22.6 Å². The van der Waals surface area contributed by atoms with Gasteiger partial charge in [0, 0.05) is 22.0 Å². The Morgan fingerprint density at radius 1 is 0.897 bits per heavy atom. The van der Waals surface area contributed by atoms with Crippen LogP contribution in [0.1, 0.15) is 37.9 Å². The van der Waals surface area contributed by atoms with E-state index in [9.17, 15) is 4.79 Å². The molecule has 0 saturated heterocycles. The third-order valence-electron chi connectivity index (χ3n) is 5.00. The Kier molecular flexibility index (Phi) is 6.63.